The van der Waals surface area contributed by atoms with Crippen molar-refractivity contribution in [3.05, 3.63) is 29.3 Å². The fraction of sp³-hybridized carbons (Fsp3) is 0.500. The number of carbonyl (C=O) groups is 1. The van der Waals surface area contributed by atoms with Gasteiger partial charge in [0.1, 0.15) is 5.75 Å². The number of likely N-dealkylation sites (tertiary alicyclic amines) is 1. The molecule has 2 rings (SSSR count). The standard InChI is InChI=1S/C14H19ClN2O2/c15-11-3-5-13(6-4-11)19-9-7-14(18)17-8-1-2-12(17)10-16/h3-6,12H,1-2,7-10,16H2. The third kappa shape index (κ3) is 3.85. The molecule has 1 heterocycles. The highest BCUT2D eigenvalue weighted by Gasteiger charge is 2.26. The summed E-state index contributed by atoms with van der Waals surface area (Å²) in [6.45, 7) is 1.75. The lowest BCUT2D eigenvalue weighted by Gasteiger charge is -2.23. The molecule has 1 aliphatic rings. The van der Waals surface area contributed by atoms with Crippen LogP contribution in [0.5, 0.6) is 5.75 Å². The molecule has 1 aliphatic heterocycles. The van der Waals surface area contributed by atoms with E-state index in [1.54, 1.807) is 24.3 Å². The van der Waals surface area contributed by atoms with E-state index < -0.39 is 0 Å². The van der Waals surface area contributed by atoms with Crippen molar-refractivity contribution in [1.82, 2.24) is 4.90 Å². The Labute approximate surface area is 118 Å². The van der Waals surface area contributed by atoms with Gasteiger partial charge in [-0.05, 0) is 37.1 Å². The van der Waals surface area contributed by atoms with Crippen LogP contribution in [0.2, 0.25) is 5.02 Å². The van der Waals surface area contributed by atoms with Crippen molar-refractivity contribution in [2.75, 3.05) is 19.7 Å². The second-order valence-electron chi connectivity index (χ2n) is 4.67. The summed E-state index contributed by atoms with van der Waals surface area (Å²) in [5.41, 5.74) is 5.66. The van der Waals surface area contributed by atoms with Gasteiger partial charge in [-0.15, -0.1) is 0 Å². The normalized spacial score (nSPS) is 18.6. The van der Waals surface area contributed by atoms with Gasteiger partial charge in [0.2, 0.25) is 5.91 Å². The number of halogens is 1. The molecule has 1 aromatic carbocycles. The van der Waals surface area contributed by atoms with E-state index in [1.807, 2.05) is 4.90 Å². The number of rotatable bonds is 5. The van der Waals surface area contributed by atoms with Crippen molar-refractivity contribution in [1.29, 1.82) is 0 Å². The average Bonchev–Trinajstić information content (AvgIpc) is 2.89. The molecular formula is C14H19ClN2O2. The molecule has 0 spiro atoms. The Balaban J connectivity index is 1.76. The summed E-state index contributed by atoms with van der Waals surface area (Å²) in [7, 11) is 0. The summed E-state index contributed by atoms with van der Waals surface area (Å²) >= 11 is 5.79. The van der Waals surface area contributed by atoms with Crippen LogP contribution >= 0.6 is 11.6 Å². The lowest BCUT2D eigenvalue weighted by atomic mass is 10.2. The molecule has 19 heavy (non-hydrogen) atoms. The third-order valence-electron chi connectivity index (χ3n) is 3.37. The zero-order chi connectivity index (χ0) is 13.7. The van der Waals surface area contributed by atoms with E-state index in [4.69, 9.17) is 22.1 Å². The summed E-state index contributed by atoms with van der Waals surface area (Å²) in [5, 5.41) is 0.672. The fourth-order valence-corrected chi connectivity index (χ4v) is 2.47. The molecule has 1 atom stereocenters. The SMILES string of the molecule is NCC1CCCN1C(=O)CCOc1ccc(Cl)cc1. The Bertz CT molecular complexity index is 422. The van der Waals surface area contributed by atoms with Crippen LogP contribution in [0, 0.1) is 0 Å². The van der Waals surface area contributed by atoms with E-state index in [-0.39, 0.29) is 11.9 Å². The first-order chi connectivity index (χ1) is 9.20. The molecular weight excluding hydrogens is 264 g/mol. The Morgan fingerprint density at radius 3 is 2.84 bits per heavy atom. The predicted molar refractivity (Wildman–Crippen MR) is 75.4 cm³/mol. The van der Waals surface area contributed by atoms with E-state index in [9.17, 15) is 4.79 Å². The van der Waals surface area contributed by atoms with Crippen LogP contribution in [0.15, 0.2) is 24.3 Å². The molecule has 0 aliphatic carbocycles. The van der Waals surface area contributed by atoms with Gasteiger partial charge in [-0.3, -0.25) is 4.79 Å². The highest BCUT2D eigenvalue weighted by Crippen LogP contribution is 2.18. The van der Waals surface area contributed by atoms with Crippen LogP contribution < -0.4 is 10.5 Å². The maximum Gasteiger partial charge on any atom is 0.226 e. The van der Waals surface area contributed by atoms with Gasteiger partial charge in [0.25, 0.3) is 0 Å². The minimum absolute atomic E-state index is 0.127. The maximum atomic E-state index is 12.0. The van der Waals surface area contributed by atoms with Gasteiger partial charge in [0, 0.05) is 24.2 Å². The number of amides is 1. The molecule has 5 heteroatoms. The quantitative estimate of drug-likeness (QED) is 0.899. The largest absolute Gasteiger partial charge is 0.493 e. The fourth-order valence-electron chi connectivity index (χ4n) is 2.34. The molecule has 1 amide bonds. The first-order valence-corrected chi connectivity index (χ1v) is 6.96. The van der Waals surface area contributed by atoms with Gasteiger partial charge in [0.15, 0.2) is 0 Å². The van der Waals surface area contributed by atoms with Crippen LogP contribution in [0.3, 0.4) is 0 Å². The van der Waals surface area contributed by atoms with E-state index in [0.717, 1.165) is 25.1 Å². The molecule has 1 unspecified atom stereocenters. The van der Waals surface area contributed by atoms with Crippen molar-refractivity contribution < 1.29 is 9.53 Å². The predicted octanol–water partition coefficient (Wildman–Crippen LogP) is 2.06. The molecule has 1 saturated heterocycles. The van der Waals surface area contributed by atoms with Crippen LogP contribution in [-0.4, -0.2) is 36.5 Å². The Kier molecular flexibility index (Phi) is 5.05. The van der Waals surface area contributed by atoms with E-state index in [0.29, 0.717) is 24.6 Å². The van der Waals surface area contributed by atoms with E-state index in [2.05, 4.69) is 0 Å². The summed E-state index contributed by atoms with van der Waals surface area (Å²) in [4.78, 5) is 13.9. The monoisotopic (exact) mass is 282 g/mol. The van der Waals surface area contributed by atoms with Crippen molar-refractivity contribution in [3.8, 4) is 5.75 Å². The zero-order valence-corrected chi connectivity index (χ0v) is 11.6. The van der Waals surface area contributed by atoms with Crippen LogP contribution in [0.1, 0.15) is 19.3 Å². The van der Waals surface area contributed by atoms with Crippen LogP contribution in [0.25, 0.3) is 0 Å². The minimum Gasteiger partial charge on any atom is -0.493 e. The first-order valence-electron chi connectivity index (χ1n) is 6.58. The molecule has 0 aromatic heterocycles. The first kappa shape index (κ1) is 14.2. The number of carbonyl (C=O) groups excluding carboxylic acids is 1. The van der Waals surface area contributed by atoms with E-state index >= 15 is 0 Å². The number of nitrogens with zero attached hydrogens (tertiary/aromatic N) is 1. The van der Waals surface area contributed by atoms with Gasteiger partial charge < -0.3 is 15.4 Å². The van der Waals surface area contributed by atoms with Gasteiger partial charge >= 0.3 is 0 Å². The molecule has 0 bridgehead atoms. The minimum atomic E-state index is 0.127. The smallest absolute Gasteiger partial charge is 0.226 e. The second-order valence-corrected chi connectivity index (χ2v) is 5.11. The molecule has 0 saturated carbocycles. The molecule has 2 N–H and O–H groups in total. The number of hydrogen-bond donors (Lipinski definition) is 1. The number of benzene rings is 1. The topological polar surface area (TPSA) is 55.6 Å². The number of hydrogen-bond acceptors (Lipinski definition) is 3. The lowest BCUT2D eigenvalue weighted by molar-refractivity contribution is -0.132. The Morgan fingerprint density at radius 2 is 2.16 bits per heavy atom. The molecule has 0 radical (unpaired) electrons. The Hall–Kier alpha value is -1.26. The van der Waals surface area contributed by atoms with Crippen LogP contribution in [0.4, 0.5) is 0 Å². The van der Waals surface area contributed by atoms with Gasteiger partial charge in [0.05, 0.1) is 13.0 Å². The summed E-state index contributed by atoms with van der Waals surface area (Å²) < 4.78 is 5.52. The maximum absolute atomic E-state index is 12.0. The van der Waals surface area contributed by atoms with Crippen molar-refractivity contribution in [2.24, 2.45) is 5.73 Å². The second kappa shape index (κ2) is 6.78. The van der Waals surface area contributed by atoms with Gasteiger partial charge in [-0.1, -0.05) is 11.6 Å². The summed E-state index contributed by atoms with van der Waals surface area (Å²) in [5.74, 6) is 0.857. The zero-order valence-electron chi connectivity index (χ0n) is 10.8. The molecule has 104 valence electrons. The van der Waals surface area contributed by atoms with Crippen LogP contribution in [-0.2, 0) is 4.79 Å². The highest BCUT2D eigenvalue weighted by molar-refractivity contribution is 6.30. The number of ether oxygens (including phenoxy) is 1. The van der Waals surface area contributed by atoms with Crippen molar-refractivity contribution in [3.63, 3.8) is 0 Å². The number of nitrogens with two attached hydrogens (primary N) is 1. The van der Waals surface area contributed by atoms with Crippen molar-refractivity contribution >= 4 is 17.5 Å². The highest BCUT2D eigenvalue weighted by atomic mass is 35.5. The van der Waals surface area contributed by atoms with E-state index in [1.165, 1.54) is 0 Å². The van der Waals surface area contributed by atoms with Gasteiger partial charge in [-0.2, -0.15) is 0 Å². The summed E-state index contributed by atoms with van der Waals surface area (Å²) in [6.07, 6.45) is 2.45. The average molecular weight is 283 g/mol. The molecule has 4 nitrogen and oxygen atoms in total. The summed E-state index contributed by atoms with van der Waals surface area (Å²) in [6, 6.07) is 7.34. The van der Waals surface area contributed by atoms with Crippen molar-refractivity contribution in [2.45, 2.75) is 25.3 Å². The molecule has 1 aromatic rings. The molecule has 1 fully saturated rings. The lowest BCUT2D eigenvalue weighted by Crippen LogP contribution is -2.40. The Morgan fingerprint density at radius 1 is 1.42 bits per heavy atom. The third-order valence-corrected chi connectivity index (χ3v) is 3.62. The van der Waals surface area contributed by atoms with Gasteiger partial charge in [-0.25, -0.2) is 0 Å².